The Morgan fingerprint density at radius 1 is 1.03 bits per heavy atom. The Bertz CT molecular complexity index is 797. The molecular weight excluding hydrogens is 540 g/mol. The lowest BCUT2D eigenvalue weighted by Gasteiger charge is -2.31. The van der Waals surface area contributed by atoms with Crippen LogP contribution in [0.3, 0.4) is 0 Å². The van der Waals surface area contributed by atoms with Gasteiger partial charge in [-0.1, -0.05) is 23.2 Å². The Morgan fingerprint density at radius 3 is 2.40 bits per heavy atom. The second-order valence-corrected chi connectivity index (χ2v) is 8.74. The van der Waals surface area contributed by atoms with Gasteiger partial charge in [-0.3, -0.25) is 14.7 Å². The quantitative estimate of drug-likeness (QED) is 0.370. The van der Waals surface area contributed by atoms with Crippen molar-refractivity contribution in [3.8, 4) is 0 Å². The van der Waals surface area contributed by atoms with Crippen molar-refractivity contribution in [3.05, 3.63) is 28.2 Å². The zero-order valence-electron chi connectivity index (χ0n) is 19.6. The molecule has 13 heteroatoms. The number of rotatable bonds is 12. The fraction of sp³-hybridized carbons (Fsp3) is 0.636. The van der Waals surface area contributed by atoms with Crippen molar-refractivity contribution in [2.75, 3.05) is 70.8 Å². The smallest absolute Gasteiger partial charge is 0.239 e. The first kappa shape index (κ1) is 32.1. The van der Waals surface area contributed by atoms with E-state index in [1.807, 2.05) is 11.1 Å². The first-order valence-electron chi connectivity index (χ1n) is 11.3. The van der Waals surface area contributed by atoms with Gasteiger partial charge in [0.1, 0.15) is 5.84 Å². The van der Waals surface area contributed by atoms with Crippen molar-refractivity contribution < 1.29 is 19.0 Å². The summed E-state index contributed by atoms with van der Waals surface area (Å²) in [5, 5.41) is 10.2. The van der Waals surface area contributed by atoms with Crippen molar-refractivity contribution in [3.63, 3.8) is 0 Å². The molecule has 2 aliphatic rings. The summed E-state index contributed by atoms with van der Waals surface area (Å²) in [6.07, 6.45) is 2.68. The number of amidine groups is 1. The van der Waals surface area contributed by atoms with Crippen LogP contribution >= 0.6 is 48.0 Å². The van der Waals surface area contributed by atoms with Gasteiger partial charge in [0.2, 0.25) is 5.91 Å². The molecule has 2 heterocycles. The van der Waals surface area contributed by atoms with Crippen molar-refractivity contribution >= 4 is 65.4 Å². The lowest BCUT2D eigenvalue weighted by Crippen LogP contribution is -2.44. The Labute approximate surface area is 229 Å². The number of carbonyl (C=O) groups is 1. The third-order valence-electron chi connectivity index (χ3n) is 5.40. The van der Waals surface area contributed by atoms with E-state index in [2.05, 4.69) is 15.3 Å². The molecular formula is C22H35Cl4N5O4. The summed E-state index contributed by atoms with van der Waals surface area (Å²) in [6.45, 7) is 5.99. The van der Waals surface area contributed by atoms with Gasteiger partial charge < -0.3 is 25.3 Å². The van der Waals surface area contributed by atoms with Crippen LogP contribution < -0.4 is 16.1 Å². The SMILES string of the molecule is Cl.Cl.NCCOCCOCCOC1CCN(CC(=O)NC2=NN(c3ccc(Cl)c(Cl)c3)CC2)CC1. The molecule has 0 spiro atoms. The summed E-state index contributed by atoms with van der Waals surface area (Å²) in [6, 6.07) is 5.37. The van der Waals surface area contributed by atoms with E-state index in [0.29, 0.717) is 75.0 Å². The number of anilines is 1. The van der Waals surface area contributed by atoms with Gasteiger partial charge in [0.05, 0.1) is 61.4 Å². The van der Waals surface area contributed by atoms with Crippen LogP contribution in [0, 0.1) is 0 Å². The predicted octanol–water partition coefficient (Wildman–Crippen LogP) is 2.95. The van der Waals surface area contributed by atoms with Crippen LogP contribution in [-0.2, 0) is 19.0 Å². The molecule has 1 amide bonds. The van der Waals surface area contributed by atoms with Crippen LogP contribution in [-0.4, -0.2) is 88.5 Å². The molecule has 0 aromatic heterocycles. The lowest BCUT2D eigenvalue weighted by molar-refractivity contribution is -0.121. The van der Waals surface area contributed by atoms with Gasteiger partial charge >= 0.3 is 0 Å². The summed E-state index contributed by atoms with van der Waals surface area (Å²) in [5.41, 5.74) is 6.20. The minimum absolute atomic E-state index is 0. The molecule has 1 fully saturated rings. The maximum absolute atomic E-state index is 12.5. The fourth-order valence-corrected chi connectivity index (χ4v) is 3.99. The molecule has 9 nitrogen and oxygen atoms in total. The highest BCUT2D eigenvalue weighted by Gasteiger charge is 2.23. The topological polar surface area (TPSA) is 102 Å². The number of ether oxygens (including phenoxy) is 3. The van der Waals surface area contributed by atoms with E-state index in [4.69, 9.17) is 43.1 Å². The van der Waals surface area contributed by atoms with E-state index in [1.54, 1.807) is 12.1 Å². The van der Waals surface area contributed by atoms with Crippen molar-refractivity contribution in [1.82, 2.24) is 10.2 Å². The summed E-state index contributed by atoms with van der Waals surface area (Å²) < 4.78 is 16.6. The highest BCUT2D eigenvalue weighted by molar-refractivity contribution is 6.42. The largest absolute Gasteiger partial charge is 0.378 e. The van der Waals surface area contributed by atoms with Gasteiger partial charge in [-0.05, 0) is 31.0 Å². The molecule has 35 heavy (non-hydrogen) atoms. The highest BCUT2D eigenvalue weighted by Crippen LogP contribution is 2.28. The van der Waals surface area contributed by atoms with Crippen molar-refractivity contribution in [1.29, 1.82) is 0 Å². The molecule has 2 aliphatic heterocycles. The number of amides is 1. The molecule has 0 radical (unpaired) electrons. The number of hydrogen-bond donors (Lipinski definition) is 2. The van der Waals surface area contributed by atoms with Crippen LogP contribution in [0.2, 0.25) is 10.0 Å². The summed E-state index contributed by atoms with van der Waals surface area (Å²) in [7, 11) is 0. The number of hydrogen-bond acceptors (Lipinski definition) is 8. The standard InChI is InChI=1S/C22H33Cl2N5O4.2ClH/c23-19-2-1-17(15-20(19)24)29-9-5-21(27-29)26-22(30)16-28-7-3-18(4-8-28)33-14-13-32-12-11-31-10-6-25;;/h1-2,15,18H,3-14,16,25H2,(H,26,27,30);2*1H. The fourth-order valence-electron chi connectivity index (χ4n) is 3.69. The number of piperidine rings is 1. The third-order valence-corrected chi connectivity index (χ3v) is 6.14. The zero-order chi connectivity index (χ0) is 23.5. The molecule has 1 aromatic rings. The Kier molecular flexibility index (Phi) is 16.1. The Morgan fingerprint density at radius 2 is 1.71 bits per heavy atom. The molecule has 0 atom stereocenters. The molecule has 0 unspecified atom stereocenters. The number of hydrazone groups is 1. The molecule has 0 aliphatic carbocycles. The van der Waals surface area contributed by atoms with Crippen molar-refractivity contribution in [2.24, 2.45) is 10.8 Å². The average molecular weight is 575 g/mol. The van der Waals surface area contributed by atoms with Gasteiger partial charge in [0, 0.05) is 32.6 Å². The molecule has 3 rings (SSSR count). The van der Waals surface area contributed by atoms with E-state index in [0.717, 1.165) is 31.6 Å². The number of likely N-dealkylation sites (tertiary alicyclic amines) is 1. The maximum atomic E-state index is 12.5. The van der Waals surface area contributed by atoms with Gasteiger partial charge in [0.25, 0.3) is 0 Å². The van der Waals surface area contributed by atoms with Crippen LogP contribution in [0.5, 0.6) is 0 Å². The Hall–Kier alpha value is -0.880. The number of nitrogens with one attached hydrogen (secondary N) is 1. The van der Waals surface area contributed by atoms with Gasteiger partial charge in [-0.2, -0.15) is 5.10 Å². The van der Waals surface area contributed by atoms with E-state index in [1.165, 1.54) is 0 Å². The number of carbonyl (C=O) groups excluding carboxylic acids is 1. The number of benzene rings is 1. The van der Waals surface area contributed by atoms with Crippen molar-refractivity contribution in [2.45, 2.75) is 25.4 Å². The molecule has 0 saturated carbocycles. The maximum Gasteiger partial charge on any atom is 0.239 e. The minimum Gasteiger partial charge on any atom is -0.378 e. The molecule has 3 N–H and O–H groups in total. The molecule has 1 saturated heterocycles. The van der Waals surface area contributed by atoms with Crippen LogP contribution in [0.1, 0.15) is 19.3 Å². The zero-order valence-corrected chi connectivity index (χ0v) is 22.8. The van der Waals surface area contributed by atoms with E-state index in [9.17, 15) is 4.79 Å². The summed E-state index contributed by atoms with van der Waals surface area (Å²) >= 11 is 12.1. The molecule has 0 bridgehead atoms. The van der Waals surface area contributed by atoms with Gasteiger partial charge in [0.15, 0.2) is 0 Å². The highest BCUT2D eigenvalue weighted by atomic mass is 35.5. The number of nitrogens with zero attached hydrogens (tertiary/aromatic N) is 3. The average Bonchev–Trinajstić information content (AvgIpc) is 3.27. The lowest BCUT2D eigenvalue weighted by atomic mass is 10.1. The summed E-state index contributed by atoms with van der Waals surface area (Å²) in [5.74, 6) is 0.618. The summed E-state index contributed by atoms with van der Waals surface area (Å²) in [4.78, 5) is 14.6. The second-order valence-electron chi connectivity index (χ2n) is 7.93. The van der Waals surface area contributed by atoms with Gasteiger partial charge in [-0.25, -0.2) is 0 Å². The number of halogens is 4. The van der Waals surface area contributed by atoms with Crippen LogP contribution in [0.4, 0.5) is 5.69 Å². The van der Waals surface area contributed by atoms with Gasteiger partial charge in [-0.15, -0.1) is 24.8 Å². The van der Waals surface area contributed by atoms with E-state index < -0.39 is 0 Å². The normalized spacial score (nSPS) is 16.4. The monoisotopic (exact) mass is 573 g/mol. The predicted molar refractivity (Wildman–Crippen MR) is 145 cm³/mol. The number of nitrogens with two attached hydrogens (primary N) is 1. The molecule has 200 valence electrons. The molecule has 1 aromatic carbocycles. The van der Waals surface area contributed by atoms with Crippen LogP contribution in [0.25, 0.3) is 0 Å². The second kappa shape index (κ2) is 17.6. The first-order chi connectivity index (χ1) is 16.0. The minimum atomic E-state index is -0.0469. The van der Waals surface area contributed by atoms with E-state index in [-0.39, 0.29) is 36.8 Å². The Balaban J connectivity index is 0.00000306. The third kappa shape index (κ3) is 11.4. The first-order valence-corrected chi connectivity index (χ1v) is 12.1. The van der Waals surface area contributed by atoms with Crippen LogP contribution in [0.15, 0.2) is 23.3 Å². The van der Waals surface area contributed by atoms with E-state index >= 15 is 0 Å².